The average molecular weight is 219 g/mol. The predicted molar refractivity (Wildman–Crippen MR) is 51.0 cm³/mol. The first-order chi connectivity index (χ1) is 5.63. The summed E-state index contributed by atoms with van der Waals surface area (Å²) >= 11 is 0. The van der Waals surface area contributed by atoms with Gasteiger partial charge in [0, 0.05) is 31.8 Å². The molecule has 3 atom stereocenters. The Hall–Kier alpha value is 0.790. The Morgan fingerprint density at radius 2 is 1.62 bits per heavy atom. The minimum atomic E-state index is -0.350. The van der Waals surface area contributed by atoms with E-state index in [2.05, 4.69) is 6.92 Å². The summed E-state index contributed by atoms with van der Waals surface area (Å²) in [4.78, 5) is 0. The van der Waals surface area contributed by atoms with Crippen LogP contribution in [0.2, 0.25) is 0 Å². The van der Waals surface area contributed by atoms with Crippen molar-refractivity contribution in [3.63, 3.8) is 0 Å². The van der Waals surface area contributed by atoms with Crippen LogP contribution in [0.25, 0.3) is 0 Å². The second-order valence-electron chi connectivity index (χ2n) is 3.54. The Kier molecular flexibility index (Phi) is 11.7. The van der Waals surface area contributed by atoms with Gasteiger partial charge in [-0.3, -0.25) is 0 Å². The maximum Gasteiger partial charge on any atom is 0.0590 e. The summed E-state index contributed by atoms with van der Waals surface area (Å²) in [6, 6.07) is 0. The molecule has 0 aromatic rings. The van der Waals surface area contributed by atoms with Crippen LogP contribution in [-0.2, 0) is 25.8 Å². The SMILES string of the molecule is CCCCC(O)C(C)C(O)CC.[Sc]. The van der Waals surface area contributed by atoms with E-state index in [-0.39, 0.29) is 44.0 Å². The Labute approximate surface area is 101 Å². The largest absolute Gasteiger partial charge is 0.393 e. The topological polar surface area (TPSA) is 40.5 Å². The van der Waals surface area contributed by atoms with E-state index in [0.29, 0.717) is 0 Å². The van der Waals surface area contributed by atoms with Crippen molar-refractivity contribution < 1.29 is 36.1 Å². The van der Waals surface area contributed by atoms with E-state index in [0.717, 1.165) is 25.7 Å². The second kappa shape index (κ2) is 9.35. The molecule has 3 unspecified atom stereocenters. The molecule has 0 spiro atoms. The molecule has 0 saturated carbocycles. The van der Waals surface area contributed by atoms with Crippen molar-refractivity contribution >= 4 is 0 Å². The molecule has 0 saturated heterocycles. The molecule has 0 bridgehead atoms. The third kappa shape index (κ3) is 6.81. The van der Waals surface area contributed by atoms with E-state index in [1.165, 1.54) is 0 Å². The number of aliphatic hydroxyl groups is 2. The molecule has 0 aromatic carbocycles. The quantitative estimate of drug-likeness (QED) is 0.716. The van der Waals surface area contributed by atoms with Crippen LogP contribution < -0.4 is 0 Å². The van der Waals surface area contributed by atoms with Crippen molar-refractivity contribution in [2.24, 2.45) is 5.92 Å². The molecule has 0 aliphatic rings. The van der Waals surface area contributed by atoms with Crippen molar-refractivity contribution in [3.05, 3.63) is 0 Å². The molecule has 3 heteroatoms. The summed E-state index contributed by atoms with van der Waals surface area (Å²) in [5, 5.41) is 19.0. The van der Waals surface area contributed by atoms with Gasteiger partial charge in [-0.2, -0.15) is 0 Å². The molecule has 0 heterocycles. The van der Waals surface area contributed by atoms with Crippen molar-refractivity contribution in [1.29, 1.82) is 0 Å². The van der Waals surface area contributed by atoms with Crippen LogP contribution in [0.1, 0.15) is 46.5 Å². The van der Waals surface area contributed by atoms with E-state index in [1.807, 2.05) is 13.8 Å². The van der Waals surface area contributed by atoms with E-state index < -0.39 is 0 Å². The predicted octanol–water partition coefficient (Wildman–Crippen LogP) is 1.94. The molecular weight excluding hydrogens is 197 g/mol. The molecular formula is C10H22O2Sc. The third-order valence-electron chi connectivity index (χ3n) is 2.49. The number of aliphatic hydroxyl groups excluding tert-OH is 2. The normalized spacial score (nSPS) is 17.3. The first-order valence-electron chi connectivity index (χ1n) is 4.99. The van der Waals surface area contributed by atoms with Gasteiger partial charge in [-0.15, -0.1) is 0 Å². The molecule has 0 aliphatic carbocycles. The molecule has 0 amide bonds. The Morgan fingerprint density at radius 1 is 1.08 bits per heavy atom. The summed E-state index contributed by atoms with van der Waals surface area (Å²) in [5.74, 6) is 0.0153. The number of unbranched alkanes of at least 4 members (excludes halogenated alkanes) is 1. The summed E-state index contributed by atoms with van der Waals surface area (Å²) in [7, 11) is 0. The fraction of sp³-hybridized carbons (Fsp3) is 1.00. The van der Waals surface area contributed by atoms with Crippen molar-refractivity contribution in [1.82, 2.24) is 0 Å². The molecule has 1 radical (unpaired) electrons. The molecule has 0 rings (SSSR count). The van der Waals surface area contributed by atoms with Crippen LogP contribution in [0.5, 0.6) is 0 Å². The first-order valence-corrected chi connectivity index (χ1v) is 4.99. The van der Waals surface area contributed by atoms with Crippen LogP contribution in [0, 0.1) is 5.92 Å². The molecule has 77 valence electrons. The molecule has 0 aromatic heterocycles. The fourth-order valence-electron chi connectivity index (χ4n) is 1.30. The molecule has 2 nitrogen and oxygen atoms in total. The summed E-state index contributed by atoms with van der Waals surface area (Å²) in [6.07, 6.45) is 3.00. The van der Waals surface area contributed by atoms with Gasteiger partial charge in [0.25, 0.3) is 0 Å². The standard InChI is InChI=1S/C10H22O2.Sc/c1-4-6-7-10(12)8(3)9(11)5-2;/h8-12H,4-7H2,1-3H3;. The molecule has 13 heavy (non-hydrogen) atoms. The first kappa shape index (κ1) is 16.2. The number of hydrogen-bond acceptors (Lipinski definition) is 2. The van der Waals surface area contributed by atoms with Crippen LogP contribution in [0.4, 0.5) is 0 Å². The van der Waals surface area contributed by atoms with Gasteiger partial charge in [0.15, 0.2) is 0 Å². The zero-order valence-corrected chi connectivity index (χ0v) is 10.8. The van der Waals surface area contributed by atoms with Crippen LogP contribution in [0.15, 0.2) is 0 Å². The van der Waals surface area contributed by atoms with Crippen LogP contribution in [0.3, 0.4) is 0 Å². The Balaban J connectivity index is 0. The van der Waals surface area contributed by atoms with Crippen molar-refractivity contribution in [3.8, 4) is 0 Å². The van der Waals surface area contributed by atoms with Crippen molar-refractivity contribution in [2.45, 2.75) is 58.7 Å². The number of hydrogen-bond donors (Lipinski definition) is 2. The average Bonchev–Trinajstić information content (AvgIpc) is 2.11. The van der Waals surface area contributed by atoms with Gasteiger partial charge < -0.3 is 10.2 Å². The minimum Gasteiger partial charge on any atom is -0.393 e. The molecule has 2 N–H and O–H groups in total. The van der Waals surface area contributed by atoms with Gasteiger partial charge in [0.1, 0.15) is 0 Å². The van der Waals surface area contributed by atoms with E-state index in [9.17, 15) is 10.2 Å². The molecule has 0 fully saturated rings. The van der Waals surface area contributed by atoms with E-state index >= 15 is 0 Å². The minimum absolute atomic E-state index is 0. The van der Waals surface area contributed by atoms with Gasteiger partial charge >= 0.3 is 0 Å². The fourth-order valence-corrected chi connectivity index (χ4v) is 1.30. The second-order valence-corrected chi connectivity index (χ2v) is 3.54. The van der Waals surface area contributed by atoms with Crippen LogP contribution >= 0.6 is 0 Å². The van der Waals surface area contributed by atoms with Gasteiger partial charge in [0.05, 0.1) is 12.2 Å². The smallest absolute Gasteiger partial charge is 0.0590 e. The van der Waals surface area contributed by atoms with Gasteiger partial charge in [-0.05, 0) is 12.8 Å². The zero-order valence-electron chi connectivity index (χ0n) is 9.03. The van der Waals surface area contributed by atoms with E-state index in [1.54, 1.807) is 0 Å². The monoisotopic (exact) mass is 219 g/mol. The number of rotatable bonds is 6. The maximum absolute atomic E-state index is 9.59. The summed E-state index contributed by atoms with van der Waals surface area (Å²) < 4.78 is 0. The van der Waals surface area contributed by atoms with E-state index in [4.69, 9.17) is 0 Å². The third-order valence-corrected chi connectivity index (χ3v) is 2.49. The molecule has 0 aliphatic heterocycles. The van der Waals surface area contributed by atoms with Crippen molar-refractivity contribution in [2.75, 3.05) is 0 Å². The van der Waals surface area contributed by atoms with Gasteiger partial charge in [-0.25, -0.2) is 0 Å². The summed E-state index contributed by atoms with van der Waals surface area (Å²) in [6.45, 7) is 5.95. The Bertz CT molecular complexity index is 109. The summed E-state index contributed by atoms with van der Waals surface area (Å²) in [5.41, 5.74) is 0. The Morgan fingerprint density at radius 3 is 2.00 bits per heavy atom. The zero-order chi connectivity index (χ0) is 9.56. The van der Waals surface area contributed by atoms with Gasteiger partial charge in [-0.1, -0.05) is 33.6 Å². The van der Waals surface area contributed by atoms with Crippen LogP contribution in [-0.4, -0.2) is 22.4 Å². The van der Waals surface area contributed by atoms with Gasteiger partial charge in [0.2, 0.25) is 0 Å². The maximum atomic E-state index is 9.59.